The predicted molar refractivity (Wildman–Crippen MR) is 84.2 cm³/mol. The van der Waals surface area contributed by atoms with Crippen LogP contribution in [0.3, 0.4) is 0 Å². The first-order valence-corrected chi connectivity index (χ1v) is 8.64. The van der Waals surface area contributed by atoms with Crippen molar-refractivity contribution in [2.75, 3.05) is 6.54 Å². The van der Waals surface area contributed by atoms with Crippen molar-refractivity contribution in [1.29, 1.82) is 0 Å². The summed E-state index contributed by atoms with van der Waals surface area (Å²) in [6.07, 6.45) is 6.43. The minimum atomic E-state index is -0.166. The van der Waals surface area contributed by atoms with E-state index in [0.29, 0.717) is 6.04 Å². The van der Waals surface area contributed by atoms with Crippen molar-refractivity contribution in [3.63, 3.8) is 0 Å². The molecule has 2 aliphatic carbocycles. The average Bonchev–Trinajstić information content (AvgIpc) is 3.03. The number of rotatable bonds is 6. The molecule has 20 heavy (non-hydrogen) atoms. The molecule has 3 atom stereocenters. The number of benzene rings is 1. The van der Waals surface area contributed by atoms with E-state index in [0.717, 1.165) is 35.2 Å². The highest BCUT2D eigenvalue weighted by Gasteiger charge is 2.47. The third-order valence-corrected chi connectivity index (χ3v) is 5.70. The SMILES string of the molecule is CCCNC(Cc1ccc(F)cc1Br)C1CC2CC2C1. The molecule has 2 aliphatic rings. The molecular weight excluding hydrogens is 317 g/mol. The lowest BCUT2D eigenvalue weighted by molar-refractivity contribution is 0.332. The fourth-order valence-corrected chi connectivity index (χ4v) is 4.26. The summed E-state index contributed by atoms with van der Waals surface area (Å²) in [5, 5.41) is 3.73. The van der Waals surface area contributed by atoms with Crippen LogP contribution in [0, 0.1) is 23.6 Å². The number of halogens is 2. The third kappa shape index (κ3) is 3.25. The van der Waals surface area contributed by atoms with E-state index in [-0.39, 0.29) is 5.82 Å². The Morgan fingerprint density at radius 2 is 2.05 bits per heavy atom. The highest BCUT2D eigenvalue weighted by Crippen LogP contribution is 2.55. The molecule has 0 aromatic heterocycles. The summed E-state index contributed by atoms with van der Waals surface area (Å²) in [4.78, 5) is 0. The zero-order chi connectivity index (χ0) is 14.1. The van der Waals surface area contributed by atoms with Crippen LogP contribution < -0.4 is 5.32 Å². The molecule has 0 radical (unpaired) electrons. The molecular formula is C17H23BrFN. The summed E-state index contributed by atoms with van der Waals surface area (Å²) < 4.78 is 14.1. The summed E-state index contributed by atoms with van der Waals surface area (Å²) in [6.45, 7) is 3.29. The Balaban J connectivity index is 1.68. The van der Waals surface area contributed by atoms with E-state index in [2.05, 4.69) is 28.2 Å². The van der Waals surface area contributed by atoms with Crippen LogP contribution in [0.5, 0.6) is 0 Å². The van der Waals surface area contributed by atoms with Gasteiger partial charge in [-0.2, -0.15) is 0 Å². The Morgan fingerprint density at radius 3 is 2.70 bits per heavy atom. The van der Waals surface area contributed by atoms with Crippen molar-refractivity contribution in [2.24, 2.45) is 17.8 Å². The Bertz CT molecular complexity index is 466. The van der Waals surface area contributed by atoms with Gasteiger partial charge in [0, 0.05) is 10.5 Å². The quantitative estimate of drug-likeness (QED) is 0.801. The van der Waals surface area contributed by atoms with Crippen LogP contribution in [-0.2, 0) is 6.42 Å². The van der Waals surface area contributed by atoms with Gasteiger partial charge in [-0.3, -0.25) is 0 Å². The molecule has 0 bridgehead atoms. The van der Waals surface area contributed by atoms with Gasteiger partial charge in [0.1, 0.15) is 5.82 Å². The van der Waals surface area contributed by atoms with Gasteiger partial charge in [-0.1, -0.05) is 28.9 Å². The van der Waals surface area contributed by atoms with Gasteiger partial charge in [-0.05, 0) is 74.1 Å². The molecule has 1 N–H and O–H groups in total. The molecule has 3 unspecified atom stereocenters. The largest absolute Gasteiger partial charge is 0.313 e. The molecule has 0 aliphatic heterocycles. The first-order chi connectivity index (χ1) is 9.67. The minimum Gasteiger partial charge on any atom is -0.313 e. The molecule has 1 aromatic carbocycles. The van der Waals surface area contributed by atoms with Crippen molar-refractivity contribution < 1.29 is 4.39 Å². The van der Waals surface area contributed by atoms with Crippen molar-refractivity contribution in [3.8, 4) is 0 Å². The lowest BCUT2D eigenvalue weighted by Gasteiger charge is -2.26. The van der Waals surface area contributed by atoms with Crippen LogP contribution >= 0.6 is 15.9 Å². The predicted octanol–water partition coefficient (Wildman–Crippen LogP) is 4.55. The normalized spacial score (nSPS) is 29.2. The third-order valence-electron chi connectivity index (χ3n) is 4.96. The van der Waals surface area contributed by atoms with Crippen LogP contribution in [0.15, 0.2) is 22.7 Å². The maximum absolute atomic E-state index is 13.2. The summed E-state index contributed by atoms with van der Waals surface area (Å²) in [7, 11) is 0. The summed E-state index contributed by atoms with van der Waals surface area (Å²) >= 11 is 3.51. The summed E-state index contributed by atoms with van der Waals surface area (Å²) in [5.74, 6) is 2.67. The number of hydrogen-bond donors (Lipinski definition) is 1. The Kier molecular flexibility index (Phi) is 4.46. The van der Waals surface area contributed by atoms with E-state index in [9.17, 15) is 4.39 Å². The van der Waals surface area contributed by atoms with E-state index in [1.807, 2.05) is 6.07 Å². The molecule has 0 saturated heterocycles. The molecule has 3 heteroatoms. The zero-order valence-electron chi connectivity index (χ0n) is 12.0. The fourth-order valence-electron chi connectivity index (χ4n) is 3.75. The second kappa shape index (κ2) is 6.15. The molecule has 3 rings (SSSR count). The molecule has 0 spiro atoms. The Labute approximate surface area is 129 Å². The first-order valence-electron chi connectivity index (χ1n) is 7.84. The smallest absolute Gasteiger partial charge is 0.124 e. The average molecular weight is 340 g/mol. The lowest BCUT2D eigenvalue weighted by Crippen LogP contribution is -2.38. The van der Waals surface area contributed by atoms with Gasteiger partial charge in [0.2, 0.25) is 0 Å². The molecule has 1 nitrogen and oxygen atoms in total. The van der Waals surface area contributed by atoms with Crippen LogP contribution in [0.1, 0.15) is 38.2 Å². The van der Waals surface area contributed by atoms with Crippen LogP contribution in [-0.4, -0.2) is 12.6 Å². The Morgan fingerprint density at radius 1 is 1.30 bits per heavy atom. The maximum Gasteiger partial charge on any atom is 0.124 e. The van der Waals surface area contributed by atoms with Crippen molar-refractivity contribution in [1.82, 2.24) is 5.32 Å². The van der Waals surface area contributed by atoms with Gasteiger partial charge in [0.25, 0.3) is 0 Å². The van der Waals surface area contributed by atoms with Gasteiger partial charge in [-0.15, -0.1) is 0 Å². The molecule has 2 saturated carbocycles. The van der Waals surface area contributed by atoms with E-state index >= 15 is 0 Å². The molecule has 0 amide bonds. The van der Waals surface area contributed by atoms with Crippen LogP contribution in [0.2, 0.25) is 0 Å². The highest BCUT2D eigenvalue weighted by atomic mass is 79.9. The van der Waals surface area contributed by atoms with Gasteiger partial charge < -0.3 is 5.32 Å². The van der Waals surface area contributed by atoms with Gasteiger partial charge in [0.15, 0.2) is 0 Å². The first kappa shape index (κ1) is 14.5. The minimum absolute atomic E-state index is 0.166. The Hall–Kier alpha value is -0.410. The van der Waals surface area contributed by atoms with Gasteiger partial charge >= 0.3 is 0 Å². The monoisotopic (exact) mass is 339 g/mol. The highest BCUT2D eigenvalue weighted by molar-refractivity contribution is 9.10. The second-order valence-electron chi connectivity index (χ2n) is 6.49. The second-order valence-corrected chi connectivity index (χ2v) is 7.34. The standard InChI is InChI=1S/C17H23BrFN/c1-2-5-20-17(14-7-12-6-13(12)8-14)9-11-3-4-15(19)10-16(11)18/h3-4,10,12-14,17,20H,2,5-9H2,1H3. The van der Waals surface area contributed by atoms with Gasteiger partial charge in [-0.25, -0.2) is 4.39 Å². The van der Waals surface area contributed by atoms with Gasteiger partial charge in [0.05, 0.1) is 0 Å². The molecule has 110 valence electrons. The van der Waals surface area contributed by atoms with E-state index in [1.54, 1.807) is 12.1 Å². The van der Waals surface area contributed by atoms with Crippen molar-refractivity contribution in [3.05, 3.63) is 34.1 Å². The summed E-state index contributed by atoms with van der Waals surface area (Å²) in [5.41, 5.74) is 1.22. The lowest BCUT2D eigenvalue weighted by atomic mass is 9.89. The number of nitrogens with one attached hydrogen (secondary N) is 1. The number of fused-ring (bicyclic) bond motifs is 1. The zero-order valence-corrected chi connectivity index (χ0v) is 13.6. The van der Waals surface area contributed by atoms with Crippen LogP contribution in [0.4, 0.5) is 4.39 Å². The summed E-state index contributed by atoms with van der Waals surface area (Å²) in [6, 6.07) is 5.63. The fraction of sp³-hybridized carbons (Fsp3) is 0.647. The van der Waals surface area contributed by atoms with E-state index in [1.165, 1.54) is 31.2 Å². The van der Waals surface area contributed by atoms with Crippen molar-refractivity contribution >= 4 is 15.9 Å². The molecule has 2 fully saturated rings. The maximum atomic E-state index is 13.2. The van der Waals surface area contributed by atoms with E-state index in [4.69, 9.17) is 0 Å². The molecule has 1 aromatic rings. The van der Waals surface area contributed by atoms with E-state index < -0.39 is 0 Å². The molecule has 0 heterocycles. The topological polar surface area (TPSA) is 12.0 Å². The number of hydrogen-bond acceptors (Lipinski definition) is 1. The van der Waals surface area contributed by atoms with Crippen LogP contribution in [0.25, 0.3) is 0 Å². The van der Waals surface area contributed by atoms with Crippen molar-refractivity contribution in [2.45, 2.75) is 45.1 Å².